The number of carbonyl (C=O) groups is 2. The summed E-state index contributed by atoms with van der Waals surface area (Å²) in [6, 6.07) is 9.21. The number of aromatic nitrogens is 3. The maximum absolute atomic E-state index is 12.9. The fourth-order valence-electron chi connectivity index (χ4n) is 3.40. The Labute approximate surface area is 170 Å². The topological polar surface area (TPSA) is 89.3 Å². The maximum atomic E-state index is 12.9. The molecule has 2 aromatic rings. The van der Waals surface area contributed by atoms with E-state index in [9.17, 15) is 9.59 Å². The van der Waals surface area contributed by atoms with Crippen LogP contribution in [0, 0.1) is 0 Å². The van der Waals surface area contributed by atoms with Gasteiger partial charge in [0.1, 0.15) is 18.9 Å². The molecule has 1 aliphatic rings. The van der Waals surface area contributed by atoms with E-state index in [2.05, 4.69) is 15.4 Å². The summed E-state index contributed by atoms with van der Waals surface area (Å²) in [5, 5.41) is 7.32. The second-order valence-corrected chi connectivity index (χ2v) is 7.00. The van der Waals surface area contributed by atoms with Gasteiger partial charge in [0.25, 0.3) is 0 Å². The van der Waals surface area contributed by atoms with E-state index < -0.39 is 12.0 Å². The first-order valence-electron chi connectivity index (χ1n) is 9.87. The predicted octanol–water partition coefficient (Wildman–Crippen LogP) is 2.44. The van der Waals surface area contributed by atoms with Gasteiger partial charge in [-0.1, -0.05) is 37.3 Å². The van der Waals surface area contributed by atoms with Crippen molar-refractivity contribution >= 4 is 17.8 Å². The van der Waals surface area contributed by atoms with E-state index in [1.165, 1.54) is 6.33 Å². The number of hydrogen-bond donors (Lipinski definition) is 1. The van der Waals surface area contributed by atoms with E-state index in [0.29, 0.717) is 17.2 Å². The van der Waals surface area contributed by atoms with E-state index in [0.717, 1.165) is 12.0 Å². The van der Waals surface area contributed by atoms with Gasteiger partial charge in [0, 0.05) is 11.7 Å². The van der Waals surface area contributed by atoms with Crippen LogP contribution in [-0.4, -0.2) is 45.8 Å². The van der Waals surface area contributed by atoms with Crippen LogP contribution >= 0.6 is 0 Å². The second kappa shape index (κ2) is 8.89. The number of amides is 1. The number of carbonyl (C=O) groups excluding carboxylic acids is 2. The van der Waals surface area contributed by atoms with Crippen molar-refractivity contribution in [2.75, 3.05) is 18.1 Å². The molecule has 2 heterocycles. The third kappa shape index (κ3) is 4.16. The number of ether oxygens (including phenoxy) is 1. The van der Waals surface area contributed by atoms with E-state index in [1.807, 2.05) is 51.1 Å². The van der Waals surface area contributed by atoms with Crippen LogP contribution in [0.1, 0.15) is 45.7 Å². The van der Waals surface area contributed by atoms with Crippen molar-refractivity contribution in [3.05, 3.63) is 53.5 Å². The molecule has 0 spiro atoms. The van der Waals surface area contributed by atoms with Crippen molar-refractivity contribution in [2.24, 2.45) is 0 Å². The lowest BCUT2D eigenvalue weighted by molar-refractivity contribution is -0.139. The third-order valence-electron chi connectivity index (χ3n) is 5.04. The molecular formula is C21H27N5O3. The quantitative estimate of drug-likeness (QED) is 0.722. The number of nitrogens with one attached hydrogen (secondary N) is 1. The zero-order valence-electron chi connectivity index (χ0n) is 17.3. The number of benzene rings is 1. The maximum Gasteiger partial charge on any atom is 0.338 e. The molecule has 2 unspecified atom stereocenters. The minimum Gasteiger partial charge on any atom is -0.463 e. The van der Waals surface area contributed by atoms with Gasteiger partial charge in [-0.15, -0.1) is 0 Å². The van der Waals surface area contributed by atoms with Crippen LogP contribution in [0.15, 0.2) is 47.9 Å². The van der Waals surface area contributed by atoms with Crippen molar-refractivity contribution < 1.29 is 14.3 Å². The normalized spacial score (nSPS) is 17.0. The Kier molecular flexibility index (Phi) is 6.31. The molecule has 2 atom stereocenters. The van der Waals surface area contributed by atoms with Gasteiger partial charge in [0.2, 0.25) is 11.9 Å². The Hall–Kier alpha value is -3.16. The Morgan fingerprint density at radius 2 is 1.97 bits per heavy atom. The number of nitrogens with zero attached hydrogens (tertiary/aromatic N) is 4. The van der Waals surface area contributed by atoms with E-state index in [-0.39, 0.29) is 25.1 Å². The SMILES string of the molecule is CCOC(=O)C1=C(C)N(CC(=O)NC(C)CC)c2ncnn2C1c1ccccc1. The van der Waals surface area contributed by atoms with Gasteiger partial charge in [-0.2, -0.15) is 10.1 Å². The number of hydrogen-bond acceptors (Lipinski definition) is 6. The highest BCUT2D eigenvalue weighted by Crippen LogP contribution is 2.38. The Bertz CT molecular complexity index is 906. The van der Waals surface area contributed by atoms with Gasteiger partial charge in [0.15, 0.2) is 0 Å². The summed E-state index contributed by atoms with van der Waals surface area (Å²) in [6.45, 7) is 7.85. The van der Waals surface area contributed by atoms with Gasteiger partial charge in [0.05, 0.1) is 12.2 Å². The molecule has 0 saturated carbocycles. The zero-order valence-corrected chi connectivity index (χ0v) is 17.3. The molecule has 1 aliphatic heterocycles. The van der Waals surface area contributed by atoms with Crippen molar-refractivity contribution in [3.63, 3.8) is 0 Å². The minimum absolute atomic E-state index is 0.0410. The summed E-state index contributed by atoms with van der Waals surface area (Å²) in [6.07, 6.45) is 2.27. The summed E-state index contributed by atoms with van der Waals surface area (Å²) in [5.74, 6) is -0.0503. The first kappa shape index (κ1) is 20.6. The molecule has 0 fully saturated rings. The molecule has 154 valence electrons. The first-order valence-corrected chi connectivity index (χ1v) is 9.87. The fraction of sp³-hybridized carbons (Fsp3) is 0.429. The Morgan fingerprint density at radius 1 is 1.24 bits per heavy atom. The smallest absolute Gasteiger partial charge is 0.338 e. The molecule has 1 N–H and O–H groups in total. The number of rotatable bonds is 7. The van der Waals surface area contributed by atoms with Crippen molar-refractivity contribution in [1.29, 1.82) is 0 Å². The monoisotopic (exact) mass is 397 g/mol. The largest absolute Gasteiger partial charge is 0.463 e. The molecule has 0 aliphatic carbocycles. The molecule has 0 saturated heterocycles. The molecule has 8 nitrogen and oxygen atoms in total. The van der Waals surface area contributed by atoms with Gasteiger partial charge in [-0.3, -0.25) is 4.79 Å². The molecule has 0 bridgehead atoms. The summed E-state index contributed by atoms with van der Waals surface area (Å²) >= 11 is 0. The molecule has 1 aromatic carbocycles. The van der Waals surface area contributed by atoms with Crippen LogP contribution in [0.2, 0.25) is 0 Å². The van der Waals surface area contributed by atoms with E-state index in [1.54, 1.807) is 16.5 Å². The Morgan fingerprint density at radius 3 is 2.62 bits per heavy atom. The van der Waals surface area contributed by atoms with E-state index in [4.69, 9.17) is 4.74 Å². The van der Waals surface area contributed by atoms with Crippen LogP contribution in [0.5, 0.6) is 0 Å². The lowest BCUT2D eigenvalue weighted by Gasteiger charge is -2.35. The fourth-order valence-corrected chi connectivity index (χ4v) is 3.40. The summed E-state index contributed by atoms with van der Waals surface area (Å²) in [4.78, 5) is 31.6. The zero-order chi connectivity index (χ0) is 21.0. The average molecular weight is 397 g/mol. The highest BCUT2D eigenvalue weighted by Gasteiger charge is 2.38. The van der Waals surface area contributed by atoms with Gasteiger partial charge in [-0.05, 0) is 32.8 Å². The minimum atomic E-state index is -0.471. The van der Waals surface area contributed by atoms with Gasteiger partial charge < -0.3 is 15.0 Å². The van der Waals surface area contributed by atoms with Crippen LogP contribution in [0.3, 0.4) is 0 Å². The molecular weight excluding hydrogens is 370 g/mol. The highest BCUT2D eigenvalue weighted by atomic mass is 16.5. The Balaban J connectivity index is 2.06. The van der Waals surface area contributed by atoms with Gasteiger partial charge in [-0.25, -0.2) is 9.48 Å². The van der Waals surface area contributed by atoms with Crippen molar-refractivity contribution in [3.8, 4) is 0 Å². The van der Waals surface area contributed by atoms with Crippen LogP contribution in [0.25, 0.3) is 0 Å². The van der Waals surface area contributed by atoms with Crippen LogP contribution in [0.4, 0.5) is 5.95 Å². The molecule has 3 rings (SSSR count). The standard InChI is InChI=1S/C21H27N5O3/c1-5-14(3)24-17(27)12-25-15(4)18(20(28)29-6-2)19(16-10-8-7-9-11-16)26-21(25)22-13-23-26/h7-11,13-14,19H,5-6,12H2,1-4H3,(H,24,27). The molecule has 1 aromatic heterocycles. The second-order valence-electron chi connectivity index (χ2n) is 7.00. The molecule has 0 radical (unpaired) electrons. The highest BCUT2D eigenvalue weighted by molar-refractivity contribution is 5.93. The molecule has 8 heteroatoms. The number of fused-ring (bicyclic) bond motifs is 1. The first-order chi connectivity index (χ1) is 14.0. The number of anilines is 1. The molecule has 1 amide bonds. The van der Waals surface area contributed by atoms with E-state index >= 15 is 0 Å². The summed E-state index contributed by atoms with van der Waals surface area (Å²) < 4.78 is 7.02. The summed E-state index contributed by atoms with van der Waals surface area (Å²) in [5.41, 5.74) is 1.98. The average Bonchev–Trinajstić information content (AvgIpc) is 3.19. The van der Waals surface area contributed by atoms with Crippen LogP contribution in [-0.2, 0) is 14.3 Å². The van der Waals surface area contributed by atoms with Crippen molar-refractivity contribution in [2.45, 2.75) is 46.2 Å². The lowest BCUT2D eigenvalue weighted by atomic mass is 9.95. The summed E-state index contributed by atoms with van der Waals surface area (Å²) in [7, 11) is 0. The molecule has 29 heavy (non-hydrogen) atoms. The van der Waals surface area contributed by atoms with Crippen molar-refractivity contribution in [1.82, 2.24) is 20.1 Å². The lowest BCUT2D eigenvalue weighted by Crippen LogP contribution is -2.44. The third-order valence-corrected chi connectivity index (χ3v) is 5.04. The number of allylic oxidation sites excluding steroid dienone is 1. The van der Waals surface area contributed by atoms with Gasteiger partial charge >= 0.3 is 5.97 Å². The predicted molar refractivity (Wildman–Crippen MR) is 109 cm³/mol. The van der Waals surface area contributed by atoms with Crippen LogP contribution < -0.4 is 10.2 Å². The number of esters is 1.